The fraction of sp³-hybridized carbons (Fsp3) is 0.529. The second-order valence-corrected chi connectivity index (χ2v) is 6.25. The fourth-order valence-corrected chi connectivity index (χ4v) is 3.03. The van der Waals surface area contributed by atoms with Crippen molar-refractivity contribution < 1.29 is 28.2 Å². The highest BCUT2D eigenvalue weighted by molar-refractivity contribution is 5.76. The number of carboxylic acid groups (broad SMARTS) is 1. The second kappa shape index (κ2) is 8.64. The standard InChI is InChI=1S/C17H22F2N2O4/c1-11-8-13(15(22)23)10-21(9-11)17(24)20-7-6-12-4-2-3-5-14(12)25-16(18)19/h2-5,11,13,16H,6-10H2,1H3,(H,20,24)(H,22,23). The number of hydrogen-bond donors (Lipinski definition) is 2. The molecule has 6 nitrogen and oxygen atoms in total. The number of carbonyl (C=O) groups excluding carboxylic acids is 1. The normalized spacial score (nSPS) is 20.4. The van der Waals surface area contributed by atoms with E-state index >= 15 is 0 Å². The molecule has 138 valence electrons. The highest BCUT2D eigenvalue weighted by Crippen LogP contribution is 2.22. The average molecular weight is 356 g/mol. The van der Waals surface area contributed by atoms with Crippen LogP contribution in [0.1, 0.15) is 18.9 Å². The number of nitrogens with one attached hydrogen (secondary N) is 1. The molecule has 2 atom stereocenters. The minimum absolute atomic E-state index is 0.0873. The van der Waals surface area contributed by atoms with Gasteiger partial charge in [0, 0.05) is 19.6 Å². The Kier molecular flexibility index (Phi) is 6.55. The quantitative estimate of drug-likeness (QED) is 0.821. The van der Waals surface area contributed by atoms with Gasteiger partial charge in [-0.3, -0.25) is 4.79 Å². The van der Waals surface area contributed by atoms with Crippen LogP contribution in [-0.4, -0.2) is 48.3 Å². The van der Waals surface area contributed by atoms with E-state index in [4.69, 9.17) is 5.11 Å². The molecular weight excluding hydrogens is 334 g/mol. The fourth-order valence-electron chi connectivity index (χ4n) is 3.03. The van der Waals surface area contributed by atoms with E-state index in [1.807, 2.05) is 6.92 Å². The Bertz CT molecular complexity index is 612. The van der Waals surface area contributed by atoms with Crippen LogP contribution in [0.25, 0.3) is 0 Å². The average Bonchev–Trinajstić information content (AvgIpc) is 2.55. The lowest BCUT2D eigenvalue weighted by Crippen LogP contribution is -2.49. The van der Waals surface area contributed by atoms with Crippen molar-refractivity contribution in [3.05, 3.63) is 29.8 Å². The Morgan fingerprint density at radius 3 is 2.76 bits per heavy atom. The summed E-state index contributed by atoms with van der Waals surface area (Å²) in [6.07, 6.45) is 0.887. The van der Waals surface area contributed by atoms with Gasteiger partial charge >= 0.3 is 18.6 Å². The van der Waals surface area contributed by atoms with Crippen LogP contribution >= 0.6 is 0 Å². The van der Waals surface area contributed by atoms with Gasteiger partial charge in [-0.1, -0.05) is 25.1 Å². The summed E-state index contributed by atoms with van der Waals surface area (Å²) in [5.74, 6) is -1.26. The molecule has 1 aliphatic rings. The molecule has 2 amide bonds. The molecule has 0 aromatic heterocycles. The third-order valence-electron chi connectivity index (χ3n) is 4.16. The van der Waals surface area contributed by atoms with E-state index in [1.54, 1.807) is 18.2 Å². The van der Waals surface area contributed by atoms with E-state index in [-0.39, 0.29) is 30.8 Å². The molecule has 1 aromatic carbocycles. The molecule has 0 bridgehead atoms. The van der Waals surface area contributed by atoms with Gasteiger partial charge in [-0.05, 0) is 30.4 Å². The van der Waals surface area contributed by atoms with Crippen molar-refractivity contribution >= 4 is 12.0 Å². The van der Waals surface area contributed by atoms with E-state index in [0.29, 0.717) is 24.9 Å². The number of aliphatic carboxylic acids is 1. The summed E-state index contributed by atoms with van der Waals surface area (Å²) in [6.45, 7) is -0.0751. The van der Waals surface area contributed by atoms with Crippen molar-refractivity contribution in [3.63, 3.8) is 0 Å². The number of rotatable bonds is 6. The number of amides is 2. The van der Waals surface area contributed by atoms with Crippen LogP contribution in [0, 0.1) is 11.8 Å². The lowest BCUT2D eigenvalue weighted by molar-refractivity contribution is -0.143. The highest BCUT2D eigenvalue weighted by atomic mass is 19.3. The van der Waals surface area contributed by atoms with Crippen molar-refractivity contribution in [1.82, 2.24) is 10.2 Å². The zero-order valence-corrected chi connectivity index (χ0v) is 14.0. The van der Waals surface area contributed by atoms with Gasteiger partial charge in [-0.2, -0.15) is 8.78 Å². The van der Waals surface area contributed by atoms with Crippen LogP contribution in [0.3, 0.4) is 0 Å². The Labute approximate surface area is 144 Å². The molecule has 0 aliphatic carbocycles. The lowest BCUT2D eigenvalue weighted by Gasteiger charge is -2.34. The lowest BCUT2D eigenvalue weighted by atomic mass is 9.91. The van der Waals surface area contributed by atoms with E-state index in [2.05, 4.69) is 10.1 Å². The van der Waals surface area contributed by atoms with Crippen LogP contribution in [-0.2, 0) is 11.2 Å². The molecule has 1 fully saturated rings. The van der Waals surface area contributed by atoms with Gasteiger partial charge in [-0.15, -0.1) is 0 Å². The van der Waals surface area contributed by atoms with Crippen molar-refractivity contribution in [2.24, 2.45) is 11.8 Å². The van der Waals surface area contributed by atoms with Crippen molar-refractivity contribution in [3.8, 4) is 5.75 Å². The molecule has 2 rings (SSSR count). The smallest absolute Gasteiger partial charge is 0.387 e. The molecule has 1 heterocycles. The van der Waals surface area contributed by atoms with E-state index in [9.17, 15) is 18.4 Å². The van der Waals surface area contributed by atoms with Crippen molar-refractivity contribution in [2.75, 3.05) is 19.6 Å². The van der Waals surface area contributed by atoms with Gasteiger partial charge in [0.1, 0.15) is 5.75 Å². The van der Waals surface area contributed by atoms with E-state index in [1.165, 1.54) is 11.0 Å². The van der Waals surface area contributed by atoms with Crippen LogP contribution in [0.2, 0.25) is 0 Å². The SMILES string of the molecule is CC1CC(C(=O)O)CN(C(=O)NCCc2ccccc2OC(F)F)C1. The molecule has 0 spiro atoms. The number of carbonyl (C=O) groups is 2. The summed E-state index contributed by atoms with van der Waals surface area (Å²) in [4.78, 5) is 24.9. The summed E-state index contributed by atoms with van der Waals surface area (Å²) >= 11 is 0. The van der Waals surface area contributed by atoms with Crippen LogP contribution in [0.4, 0.5) is 13.6 Å². The number of alkyl halides is 2. The zero-order chi connectivity index (χ0) is 18.4. The molecule has 1 aromatic rings. The molecule has 2 unspecified atom stereocenters. The molecule has 8 heteroatoms. The molecule has 2 N–H and O–H groups in total. The maximum atomic E-state index is 12.4. The molecule has 1 saturated heterocycles. The van der Waals surface area contributed by atoms with Gasteiger partial charge in [0.2, 0.25) is 0 Å². The number of benzene rings is 1. The number of hydrogen-bond acceptors (Lipinski definition) is 3. The summed E-state index contributed by atoms with van der Waals surface area (Å²) in [5.41, 5.74) is 0.568. The number of likely N-dealkylation sites (tertiary alicyclic amines) is 1. The minimum atomic E-state index is -2.90. The maximum absolute atomic E-state index is 12.4. The third kappa shape index (κ3) is 5.58. The molecule has 0 saturated carbocycles. The summed E-state index contributed by atoms with van der Waals surface area (Å²) < 4.78 is 29.2. The largest absolute Gasteiger partial charge is 0.481 e. The molecule has 25 heavy (non-hydrogen) atoms. The van der Waals surface area contributed by atoms with Crippen LogP contribution in [0.15, 0.2) is 24.3 Å². The first-order chi connectivity index (χ1) is 11.9. The number of carboxylic acids is 1. The summed E-state index contributed by atoms with van der Waals surface area (Å²) in [6, 6.07) is 6.07. The van der Waals surface area contributed by atoms with Crippen molar-refractivity contribution in [1.29, 1.82) is 0 Å². The van der Waals surface area contributed by atoms with E-state index in [0.717, 1.165) is 0 Å². The minimum Gasteiger partial charge on any atom is -0.481 e. The van der Waals surface area contributed by atoms with Crippen LogP contribution < -0.4 is 10.1 Å². The number of nitrogens with zero attached hydrogens (tertiary/aromatic N) is 1. The van der Waals surface area contributed by atoms with Crippen LogP contribution in [0.5, 0.6) is 5.75 Å². The van der Waals surface area contributed by atoms with E-state index < -0.39 is 18.5 Å². The summed E-state index contributed by atoms with van der Waals surface area (Å²) in [5, 5.41) is 11.9. The zero-order valence-electron chi connectivity index (χ0n) is 14.0. The number of urea groups is 1. The van der Waals surface area contributed by atoms with Gasteiger partial charge in [-0.25, -0.2) is 4.79 Å². The Morgan fingerprint density at radius 2 is 2.08 bits per heavy atom. The third-order valence-corrected chi connectivity index (χ3v) is 4.16. The molecular formula is C17H22F2N2O4. The Hall–Kier alpha value is -2.38. The van der Waals surface area contributed by atoms with Gasteiger partial charge in [0.05, 0.1) is 5.92 Å². The van der Waals surface area contributed by atoms with Gasteiger partial charge < -0.3 is 20.1 Å². The number of ether oxygens (including phenoxy) is 1. The number of para-hydroxylation sites is 1. The number of piperidine rings is 1. The highest BCUT2D eigenvalue weighted by Gasteiger charge is 2.31. The monoisotopic (exact) mass is 356 g/mol. The first kappa shape index (κ1) is 19.0. The topological polar surface area (TPSA) is 78.9 Å². The number of halogens is 2. The maximum Gasteiger partial charge on any atom is 0.387 e. The first-order valence-corrected chi connectivity index (χ1v) is 8.15. The molecule has 1 aliphatic heterocycles. The predicted molar refractivity (Wildman–Crippen MR) is 86.7 cm³/mol. The van der Waals surface area contributed by atoms with Gasteiger partial charge in [0.15, 0.2) is 0 Å². The van der Waals surface area contributed by atoms with Crippen molar-refractivity contribution in [2.45, 2.75) is 26.4 Å². The Morgan fingerprint density at radius 1 is 1.36 bits per heavy atom. The second-order valence-electron chi connectivity index (χ2n) is 6.25. The van der Waals surface area contributed by atoms with Gasteiger partial charge in [0.25, 0.3) is 0 Å². The Balaban J connectivity index is 1.87. The summed E-state index contributed by atoms with van der Waals surface area (Å²) in [7, 11) is 0. The molecule has 0 radical (unpaired) electrons. The predicted octanol–water partition coefficient (Wildman–Crippen LogP) is 2.58. The first-order valence-electron chi connectivity index (χ1n) is 8.15.